The summed E-state index contributed by atoms with van der Waals surface area (Å²) in [5.41, 5.74) is 6.90. The van der Waals surface area contributed by atoms with Crippen LogP contribution in [-0.4, -0.2) is 12.6 Å². The van der Waals surface area contributed by atoms with Crippen molar-refractivity contribution in [2.75, 3.05) is 0 Å². The average Bonchev–Trinajstić information content (AvgIpc) is 3.50. The molecule has 0 saturated carbocycles. The first-order valence-corrected chi connectivity index (χ1v) is 17.9. The molecule has 0 aliphatic heterocycles. The Kier molecular flexibility index (Phi) is 7.27. The maximum Gasteiger partial charge on any atom is 0.188 e. The van der Waals surface area contributed by atoms with Crippen LogP contribution in [0.15, 0.2) is 176 Å². The first kappa shape index (κ1) is 29.0. The Morgan fingerprint density at radius 1 is 0.396 bits per heavy atom. The van der Waals surface area contributed by atoms with E-state index in [0.717, 1.165) is 38.6 Å². The van der Waals surface area contributed by atoms with E-state index < -0.39 is 8.07 Å². The number of aromatic nitrogens is 1. The molecule has 0 radical (unpaired) electrons. The van der Waals surface area contributed by atoms with Gasteiger partial charge in [0.05, 0.1) is 24.2 Å². The van der Waals surface area contributed by atoms with Gasteiger partial charge in [0.1, 0.15) is 0 Å². The van der Waals surface area contributed by atoms with Crippen molar-refractivity contribution in [3.63, 3.8) is 0 Å². The topological polar surface area (TPSA) is 13.6 Å². The standard InChI is InChI=1S/C44H29N3Si/c1-45-34-21-28-40(29-22-34)48(37-11-5-3-6-12-37,38-13-7-4-8-14-38)39-26-19-33(20-27-39)32-17-24-36(25-18-32)47-43-16-10-9-15-41(43)42-31-35(46-2)23-30-44(42)47/h3-31H. The van der Waals surface area contributed by atoms with E-state index in [0.29, 0.717) is 11.4 Å². The first-order chi connectivity index (χ1) is 23.7. The quantitative estimate of drug-likeness (QED) is 0.0993. The first-order valence-electron chi connectivity index (χ1n) is 15.9. The summed E-state index contributed by atoms with van der Waals surface area (Å²) in [5, 5.41) is 7.38. The predicted octanol–water partition coefficient (Wildman–Crippen LogP) is 8.93. The maximum atomic E-state index is 7.53. The highest BCUT2D eigenvalue weighted by Gasteiger charge is 2.41. The van der Waals surface area contributed by atoms with E-state index in [2.05, 4.69) is 166 Å². The lowest BCUT2D eigenvalue weighted by Gasteiger charge is -2.34. The monoisotopic (exact) mass is 627 g/mol. The van der Waals surface area contributed by atoms with Crippen molar-refractivity contribution in [3.05, 3.63) is 199 Å². The second kappa shape index (κ2) is 12.0. The van der Waals surface area contributed by atoms with Gasteiger partial charge in [0, 0.05) is 11.1 Å². The van der Waals surface area contributed by atoms with Crippen molar-refractivity contribution in [2.24, 2.45) is 0 Å². The number of benzene rings is 7. The van der Waals surface area contributed by atoms with Crippen molar-refractivity contribution in [3.8, 4) is 16.8 Å². The summed E-state index contributed by atoms with van der Waals surface area (Å²) in [6.07, 6.45) is 0. The zero-order valence-corrected chi connectivity index (χ0v) is 27.1. The van der Waals surface area contributed by atoms with Gasteiger partial charge in [-0.25, -0.2) is 9.69 Å². The molecule has 4 heteroatoms. The third kappa shape index (κ3) is 4.72. The van der Waals surface area contributed by atoms with E-state index in [1.54, 1.807) is 0 Å². The van der Waals surface area contributed by atoms with Gasteiger partial charge in [0.2, 0.25) is 0 Å². The van der Waals surface area contributed by atoms with Gasteiger partial charge in [0.25, 0.3) is 0 Å². The average molecular weight is 628 g/mol. The third-order valence-electron chi connectivity index (χ3n) is 9.41. The highest BCUT2D eigenvalue weighted by molar-refractivity contribution is 7.19. The molecule has 0 N–H and O–H groups in total. The van der Waals surface area contributed by atoms with Crippen LogP contribution in [0.3, 0.4) is 0 Å². The Bertz CT molecular complexity index is 2440. The summed E-state index contributed by atoms with van der Waals surface area (Å²) in [7, 11) is -2.69. The molecule has 0 atom stereocenters. The number of hydrogen-bond donors (Lipinski definition) is 0. The van der Waals surface area contributed by atoms with Crippen LogP contribution in [0.1, 0.15) is 0 Å². The summed E-state index contributed by atoms with van der Waals surface area (Å²) in [6, 6.07) is 62.1. The Hall–Kier alpha value is -6.46. The minimum Gasteiger partial charge on any atom is -0.309 e. The van der Waals surface area contributed by atoms with Gasteiger partial charge in [-0.15, -0.1) is 0 Å². The molecular formula is C44H29N3Si. The molecule has 8 aromatic rings. The molecule has 0 saturated heterocycles. The lowest BCUT2D eigenvalue weighted by atomic mass is 10.1. The SMILES string of the molecule is [C-]#[N+]c1ccc([Si](c2ccccc2)(c2ccccc2)c2ccc(-c3ccc(-n4c5ccccc5c5cc([N+]#[C-])ccc54)cc3)cc2)cc1. The molecule has 224 valence electrons. The summed E-state index contributed by atoms with van der Waals surface area (Å²) in [5.74, 6) is 0. The number of rotatable bonds is 6. The fourth-order valence-corrected chi connectivity index (χ4v) is 11.9. The molecule has 0 fully saturated rings. The van der Waals surface area contributed by atoms with Crippen molar-refractivity contribution in [1.29, 1.82) is 0 Å². The molecule has 8 rings (SSSR count). The van der Waals surface area contributed by atoms with E-state index in [9.17, 15) is 0 Å². The normalized spacial score (nSPS) is 11.3. The molecule has 3 nitrogen and oxygen atoms in total. The second-order valence-corrected chi connectivity index (χ2v) is 15.7. The van der Waals surface area contributed by atoms with Crippen LogP contribution in [0.5, 0.6) is 0 Å². The Balaban J connectivity index is 1.23. The minimum absolute atomic E-state index is 0.649. The van der Waals surface area contributed by atoms with E-state index in [-0.39, 0.29) is 0 Å². The van der Waals surface area contributed by atoms with Crippen molar-refractivity contribution < 1.29 is 0 Å². The predicted molar refractivity (Wildman–Crippen MR) is 202 cm³/mol. The molecule has 7 aromatic carbocycles. The van der Waals surface area contributed by atoms with E-state index in [4.69, 9.17) is 13.1 Å². The zero-order valence-electron chi connectivity index (χ0n) is 26.1. The van der Waals surface area contributed by atoms with Crippen LogP contribution in [0.4, 0.5) is 11.4 Å². The molecular weight excluding hydrogens is 599 g/mol. The highest BCUT2D eigenvalue weighted by Crippen LogP contribution is 2.35. The third-order valence-corrected chi connectivity index (χ3v) is 14.2. The number of fused-ring (bicyclic) bond motifs is 3. The molecule has 0 aliphatic carbocycles. The van der Waals surface area contributed by atoms with Gasteiger partial charge in [-0.3, -0.25) is 0 Å². The molecule has 0 spiro atoms. The maximum absolute atomic E-state index is 7.53. The molecule has 1 heterocycles. The van der Waals surface area contributed by atoms with E-state index in [1.807, 2.05) is 24.3 Å². The number of nitrogens with zero attached hydrogens (tertiary/aromatic N) is 3. The van der Waals surface area contributed by atoms with E-state index >= 15 is 0 Å². The van der Waals surface area contributed by atoms with Gasteiger partial charge >= 0.3 is 0 Å². The summed E-state index contributed by atoms with van der Waals surface area (Å²) in [4.78, 5) is 7.34. The molecule has 0 unspecified atom stereocenters. The highest BCUT2D eigenvalue weighted by atomic mass is 28.3. The largest absolute Gasteiger partial charge is 0.309 e. The minimum atomic E-state index is -2.69. The molecule has 0 amide bonds. The Labute approximate surface area is 281 Å². The lowest BCUT2D eigenvalue weighted by molar-refractivity contribution is 1.18. The Morgan fingerprint density at radius 3 is 1.44 bits per heavy atom. The second-order valence-electron chi connectivity index (χ2n) is 11.9. The van der Waals surface area contributed by atoms with E-state index in [1.165, 1.54) is 20.7 Å². The van der Waals surface area contributed by atoms with Gasteiger partial charge in [0.15, 0.2) is 19.4 Å². The lowest BCUT2D eigenvalue weighted by Crippen LogP contribution is -2.74. The van der Waals surface area contributed by atoms with Gasteiger partial charge < -0.3 is 4.57 Å². The summed E-state index contributed by atoms with van der Waals surface area (Å²) in [6.45, 7) is 15.0. The number of hydrogen-bond acceptors (Lipinski definition) is 0. The summed E-state index contributed by atoms with van der Waals surface area (Å²) >= 11 is 0. The van der Waals surface area contributed by atoms with Crippen LogP contribution in [0.2, 0.25) is 0 Å². The smallest absolute Gasteiger partial charge is 0.188 e. The summed E-state index contributed by atoms with van der Waals surface area (Å²) < 4.78 is 2.28. The molecule has 0 bridgehead atoms. The van der Waals surface area contributed by atoms with Gasteiger partial charge in [-0.05, 0) is 67.6 Å². The fraction of sp³-hybridized carbons (Fsp3) is 0. The molecule has 48 heavy (non-hydrogen) atoms. The van der Waals surface area contributed by atoms with Crippen LogP contribution in [0, 0.1) is 13.1 Å². The molecule has 1 aromatic heterocycles. The molecule has 0 aliphatic rings. The Morgan fingerprint density at radius 2 is 0.854 bits per heavy atom. The van der Waals surface area contributed by atoms with Crippen molar-refractivity contribution in [1.82, 2.24) is 4.57 Å². The van der Waals surface area contributed by atoms with Crippen LogP contribution in [0.25, 0.3) is 48.3 Å². The van der Waals surface area contributed by atoms with Crippen LogP contribution < -0.4 is 20.7 Å². The van der Waals surface area contributed by atoms with Crippen LogP contribution in [-0.2, 0) is 0 Å². The van der Waals surface area contributed by atoms with Crippen molar-refractivity contribution >= 4 is 62.0 Å². The van der Waals surface area contributed by atoms with Crippen molar-refractivity contribution in [2.45, 2.75) is 0 Å². The van der Waals surface area contributed by atoms with Gasteiger partial charge in [-0.1, -0.05) is 146 Å². The van der Waals surface area contributed by atoms with Crippen LogP contribution >= 0.6 is 0 Å². The number of para-hydroxylation sites is 1. The van der Waals surface area contributed by atoms with Gasteiger partial charge in [-0.2, -0.15) is 0 Å². The zero-order chi connectivity index (χ0) is 32.5. The fourth-order valence-electron chi connectivity index (χ4n) is 7.19.